The summed E-state index contributed by atoms with van der Waals surface area (Å²) in [6, 6.07) is 11.6. The van der Waals surface area contributed by atoms with E-state index >= 15 is 0 Å². The fraction of sp³-hybridized carbons (Fsp3) is 0.0909. The number of carbonyl (C=O) groups excluding carboxylic acids is 1. The minimum Gasteiger partial charge on any atom is -0.381 e. The van der Waals surface area contributed by atoms with Crippen LogP contribution in [0.3, 0.4) is 0 Å². The van der Waals surface area contributed by atoms with E-state index in [0.717, 1.165) is 33.4 Å². The average Bonchev–Trinajstić information content (AvgIpc) is 3.18. The minimum atomic E-state index is -0.204. The Morgan fingerprint density at radius 1 is 1.21 bits per heavy atom. The molecule has 144 valence electrons. The van der Waals surface area contributed by atoms with E-state index in [-0.39, 0.29) is 5.91 Å². The Bertz CT molecular complexity index is 1170. The summed E-state index contributed by atoms with van der Waals surface area (Å²) in [7, 11) is 1.58. The van der Waals surface area contributed by atoms with Crippen molar-refractivity contribution in [3.63, 3.8) is 0 Å². The van der Waals surface area contributed by atoms with Crippen molar-refractivity contribution in [3.8, 4) is 22.4 Å². The maximum atomic E-state index is 12.0. The van der Waals surface area contributed by atoms with Crippen molar-refractivity contribution < 1.29 is 9.53 Å². The van der Waals surface area contributed by atoms with Crippen LogP contribution in [0.5, 0.6) is 0 Å². The molecule has 0 spiro atoms. The lowest BCUT2D eigenvalue weighted by molar-refractivity contribution is -0.111. The van der Waals surface area contributed by atoms with Crippen molar-refractivity contribution in [2.45, 2.75) is 0 Å². The quantitative estimate of drug-likeness (QED) is 0.492. The predicted octanol–water partition coefficient (Wildman–Crippen LogP) is 3.83. The smallest absolute Gasteiger partial charge is 0.248 e. The van der Waals surface area contributed by atoms with Crippen LogP contribution >= 0.6 is 0 Å². The van der Waals surface area contributed by atoms with E-state index in [1.807, 2.05) is 42.7 Å². The maximum Gasteiger partial charge on any atom is 0.248 e. The molecular formula is C22H19N5O2. The van der Waals surface area contributed by atoms with Crippen LogP contribution in [0.15, 0.2) is 73.5 Å². The van der Waals surface area contributed by atoms with Crippen LogP contribution in [0.4, 0.5) is 5.69 Å². The summed E-state index contributed by atoms with van der Waals surface area (Å²) in [6.07, 6.45) is 10.1. The first-order valence-electron chi connectivity index (χ1n) is 9.05. The fourth-order valence-electron chi connectivity index (χ4n) is 3.03. The highest BCUT2D eigenvalue weighted by Crippen LogP contribution is 2.30. The third-order valence-corrected chi connectivity index (χ3v) is 4.38. The van der Waals surface area contributed by atoms with Gasteiger partial charge in [-0.15, -0.1) is 0 Å². The van der Waals surface area contributed by atoms with Gasteiger partial charge in [-0.05, 0) is 29.8 Å². The number of methoxy groups -OCH3 is 1. The molecule has 0 fully saturated rings. The monoisotopic (exact) mass is 385 g/mol. The first-order valence-corrected chi connectivity index (χ1v) is 9.05. The summed E-state index contributed by atoms with van der Waals surface area (Å²) in [5.41, 5.74) is 5.18. The van der Waals surface area contributed by atoms with Crippen LogP contribution in [0.2, 0.25) is 0 Å². The van der Waals surface area contributed by atoms with Crippen molar-refractivity contribution in [3.05, 3.63) is 73.5 Å². The molecule has 0 aliphatic rings. The summed E-state index contributed by atoms with van der Waals surface area (Å²) in [5, 5.41) is 3.83. The summed E-state index contributed by atoms with van der Waals surface area (Å²) in [4.78, 5) is 28.0. The van der Waals surface area contributed by atoms with Crippen LogP contribution in [-0.4, -0.2) is 39.6 Å². The number of nitrogens with zero attached hydrogens (tertiary/aromatic N) is 3. The molecule has 0 atom stereocenters. The van der Waals surface area contributed by atoms with Gasteiger partial charge >= 0.3 is 0 Å². The molecule has 0 bridgehead atoms. The Hall–Kier alpha value is -3.84. The Balaban J connectivity index is 1.64. The number of benzene rings is 1. The lowest BCUT2D eigenvalue weighted by Crippen LogP contribution is -2.08. The van der Waals surface area contributed by atoms with Gasteiger partial charge in [-0.25, -0.2) is 15.0 Å². The molecule has 4 rings (SSSR count). The zero-order chi connectivity index (χ0) is 20.1. The Kier molecular flexibility index (Phi) is 5.40. The molecule has 4 aromatic rings. The number of aromatic amines is 1. The fourth-order valence-corrected chi connectivity index (χ4v) is 3.03. The van der Waals surface area contributed by atoms with Crippen LogP contribution < -0.4 is 5.32 Å². The van der Waals surface area contributed by atoms with Crippen molar-refractivity contribution in [1.82, 2.24) is 19.9 Å². The van der Waals surface area contributed by atoms with Gasteiger partial charge in [0.1, 0.15) is 12.0 Å². The number of pyridine rings is 1. The number of amides is 1. The number of hydrogen-bond donors (Lipinski definition) is 2. The Morgan fingerprint density at radius 2 is 2.14 bits per heavy atom. The number of aromatic nitrogens is 4. The van der Waals surface area contributed by atoms with E-state index in [1.54, 1.807) is 19.4 Å². The molecule has 0 radical (unpaired) electrons. The second-order valence-electron chi connectivity index (χ2n) is 6.34. The molecule has 0 aliphatic heterocycles. The van der Waals surface area contributed by atoms with Gasteiger partial charge in [-0.3, -0.25) is 4.79 Å². The van der Waals surface area contributed by atoms with Crippen LogP contribution in [0.25, 0.3) is 33.4 Å². The molecule has 1 aromatic carbocycles. The number of H-pyrrole nitrogens is 1. The largest absolute Gasteiger partial charge is 0.381 e. The molecule has 29 heavy (non-hydrogen) atoms. The number of carbonyl (C=O) groups is 1. The van der Waals surface area contributed by atoms with Crippen molar-refractivity contribution in [2.75, 3.05) is 19.0 Å². The van der Waals surface area contributed by atoms with Crippen LogP contribution in [0.1, 0.15) is 0 Å². The molecule has 0 saturated heterocycles. The first kappa shape index (κ1) is 18.5. The second-order valence-corrected chi connectivity index (χ2v) is 6.34. The van der Waals surface area contributed by atoms with E-state index in [2.05, 4.69) is 31.3 Å². The van der Waals surface area contributed by atoms with Crippen LogP contribution in [0, 0.1) is 0 Å². The van der Waals surface area contributed by atoms with E-state index in [4.69, 9.17) is 4.74 Å². The molecule has 0 saturated carbocycles. The first-order chi connectivity index (χ1) is 14.2. The topological polar surface area (TPSA) is 92.8 Å². The predicted molar refractivity (Wildman–Crippen MR) is 112 cm³/mol. The zero-order valence-corrected chi connectivity index (χ0v) is 15.8. The third-order valence-electron chi connectivity index (χ3n) is 4.38. The zero-order valence-electron chi connectivity index (χ0n) is 15.8. The summed E-state index contributed by atoms with van der Waals surface area (Å²) in [5.74, 6) is -0.204. The normalized spacial score (nSPS) is 11.2. The second kappa shape index (κ2) is 8.45. The van der Waals surface area contributed by atoms with E-state index in [1.165, 1.54) is 12.4 Å². The molecule has 0 aliphatic carbocycles. The van der Waals surface area contributed by atoms with Gasteiger partial charge in [0.2, 0.25) is 5.91 Å². The Morgan fingerprint density at radius 3 is 2.97 bits per heavy atom. The van der Waals surface area contributed by atoms with E-state index < -0.39 is 0 Å². The van der Waals surface area contributed by atoms with E-state index in [0.29, 0.717) is 12.3 Å². The SMILES string of the molecule is COC/C=C/C(=O)Nc1cccc(-c2cnc3[nH]cc(-c4ccncn4)c3c2)c1. The van der Waals surface area contributed by atoms with Gasteiger partial charge in [0.15, 0.2) is 0 Å². The molecule has 3 aromatic heterocycles. The van der Waals surface area contributed by atoms with Gasteiger partial charge in [-0.1, -0.05) is 18.2 Å². The number of nitrogens with one attached hydrogen (secondary N) is 2. The standard InChI is InChI=1S/C22H19N5O2/c1-29-9-3-6-21(28)27-17-5-2-4-15(10-17)16-11-18-19(13-25-22(18)24-12-16)20-7-8-23-14-26-20/h2-8,10-14H,9H2,1H3,(H,24,25)(H,27,28)/b6-3+. The van der Waals surface area contributed by atoms with Gasteiger partial charge < -0.3 is 15.0 Å². The highest BCUT2D eigenvalue weighted by atomic mass is 16.5. The number of rotatable bonds is 6. The summed E-state index contributed by atoms with van der Waals surface area (Å²) < 4.78 is 4.91. The number of hydrogen-bond acceptors (Lipinski definition) is 5. The van der Waals surface area contributed by atoms with Gasteiger partial charge in [0.05, 0.1) is 12.3 Å². The summed E-state index contributed by atoms with van der Waals surface area (Å²) >= 11 is 0. The number of anilines is 1. The lowest BCUT2D eigenvalue weighted by Gasteiger charge is -2.07. The minimum absolute atomic E-state index is 0.204. The lowest BCUT2D eigenvalue weighted by atomic mass is 10.0. The molecular weight excluding hydrogens is 366 g/mol. The Labute approximate surface area is 167 Å². The number of ether oxygens (including phenoxy) is 1. The highest BCUT2D eigenvalue weighted by Gasteiger charge is 2.10. The molecule has 7 heteroatoms. The van der Waals surface area contributed by atoms with Crippen molar-refractivity contribution in [1.29, 1.82) is 0 Å². The van der Waals surface area contributed by atoms with Gasteiger partial charge in [0.25, 0.3) is 0 Å². The maximum absolute atomic E-state index is 12.0. The molecule has 1 amide bonds. The summed E-state index contributed by atoms with van der Waals surface area (Å²) in [6.45, 7) is 0.393. The molecule has 3 heterocycles. The van der Waals surface area contributed by atoms with E-state index in [9.17, 15) is 4.79 Å². The molecule has 7 nitrogen and oxygen atoms in total. The molecule has 0 unspecified atom stereocenters. The average molecular weight is 385 g/mol. The molecule has 2 N–H and O–H groups in total. The van der Waals surface area contributed by atoms with Gasteiger partial charge in [-0.2, -0.15) is 0 Å². The highest BCUT2D eigenvalue weighted by molar-refractivity contribution is 6.00. The van der Waals surface area contributed by atoms with Crippen LogP contribution in [-0.2, 0) is 9.53 Å². The van der Waals surface area contributed by atoms with Crippen molar-refractivity contribution in [2.24, 2.45) is 0 Å². The van der Waals surface area contributed by atoms with Gasteiger partial charge in [0, 0.05) is 54.0 Å². The van der Waals surface area contributed by atoms with Crippen molar-refractivity contribution >= 4 is 22.6 Å². The number of fused-ring (bicyclic) bond motifs is 1. The third kappa shape index (κ3) is 4.20.